The average molecular weight is 523 g/mol. The number of ketones is 1. The van der Waals surface area contributed by atoms with Crippen molar-refractivity contribution < 1.29 is 4.79 Å². The van der Waals surface area contributed by atoms with Crippen LogP contribution in [0.1, 0.15) is 155 Å². The lowest BCUT2D eigenvalue weighted by molar-refractivity contribution is -0.119. The fourth-order valence-corrected chi connectivity index (χ4v) is 4.23. The summed E-state index contributed by atoms with van der Waals surface area (Å²) in [5.74, 6) is 0.463. The van der Waals surface area contributed by atoms with Crippen molar-refractivity contribution in [3.05, 3.63) is 72.9 Å². The van der Waals surface area contributed by atoms with E-state index in [-0.39, 0.29) is 0 Å². The Balaban J connectivity index is 3.43. The Bertz CT molecular complexity index is 602. The minimum absolute atomic E-state index is 0.463. The zero-order valence-electron chi connectivity index (χ0n) is 25.4. The van der Waals surface area contributed by atoms with Crippen LogP contribution in [0.5, 0.6) is 0 Å². The van der Waals surface area contributed by atoms with Gasteiger partial charge in [0.25, 0.3) is 0 Å². The maximum absolute atomic E-state index is 12.1. The van der Waals surface area contributed by atoms with Crippen molar-refractivity contribution in [3.63, 3.8) is 0 Å². The molecule has 38 heavy (non-hydrogen) atoms. The van der Waals surface area contributed by atoms with Crippen LogP contribution in [0, 0.1) is 0 Å². The lowest BCUT2D eigenvalue weighted by atomic mass is 10.0. The van der Waals surface area contributed by atoms with E-state index >= 15 is 0 Å². The molecular formula is C37H62O. The Hall–Kier alpha value is -1.89. The van der Waals surface area contributed by atoms with Crippen LogP contribution in [-0.2, 0) is 4.79 Å². The first-order valence-electron chi connectivity index (χ1n) is 16.2. The lowest BCUT2D eigenvalue weighted by Crippen LogP contribution is -1.97. The Morgan fingerprint density at radius 1 is 0.368 bits per heavy atom. The minimum atomic E-state index is 0.463. The third kappa shape index (κ3) is 32.1. The predicted octanol–water partition coefficient (Wildman–Crippen LogP) is 12.5. The van der Waals surface area contributed by atoms with Gasteiger partial charge in [0.2, 0.25) is 0 Å². The van der Waals surface area contributed by atoms with Crippen LogP contribution < -0.4 is 0 Å². The molecule has 0 atom stereocenters. The standard InChI is InChI=1S/C37H62O/c1-3-5-7-9-11-13-15-17-19-21-23-25-27-29-31-33-35-37(38)36-34-32-30-28-26-24-22-20-18-16-14-12-10-8-6-4-2/h11-14,17-20,23-26H,3-10,15-16,21-22,27-36H2,1-2H3. The highest BCUT2D eigenvalue weighted by Gasteiger charge is 2.01. The topological polar surface area (TPSA) is 17.1 Å². The molecule has 0 radical (unpaired) electrons. The summed E-state index contributed by atoms with van der Waals surface area (Å²) in [5.41, 5.74) is 0. The molecule has 0 rings (SSSR count). The van der Waals surface area contributed by atoms with E-state index < -0.39 is 0 Å². The van der Waals surface area contributed by atoms with Gasteiger partial charge in [-0.3, -0.25) is 4.79 Å². The maximum Gasteiger partial charge on any atom is 0.132 e. The maximum atomic E-state index is 12.1. The molecule has 0 saturated heterocycles. The van der Waals surface area contributed by atoms with Gasteiger partial charge in [0.15, 0.2) is 0 Å². The van der Waals surface area contributed by atoms with Crippen molar-refractivity contribution in [2.75, 3.05) is 0 Å². The number of carbonyl (C=O) groups excluding carboxylic acids is 1. The molecule has 0 aromatic rings. The molecule has 216 valence electrons. The van der Waals surface area contributed by atoms with E-state index in [0.29, 0.717) is 5.78 Å². The second-order valence-electron chi connectivity index (χ2n) is 10.5. The molecule has 1 nitrogen and oxygen atoms in total. The minimum Gasteiger partial charge on any atom is -0.300 e. The van der Waals surface area contributed by atoms with E-state index in [1.807, 2.05) is 0 Å². The molecule has 0 N–H and O–H groups in total. The highest BCUT2D eigenvalue weighted by atomic mass is 16.1. The van der Waals surface area contributed by atoms with Crippen LogP contribution in [0.2, 0.25) is 0 Å². The van der Waals surface area contributed by atoms with Crippen LogP contribution >= 0.6 is 0 Å². The van der Waals surface area contributed by atoms with Crippen LogP contribution in [0.25, 0.3) is 0 Å². The number of Topliss-reactive ketones (excluding diaryl/α,β-unsaturated/α-hetero) is 1. The van der Waals surface area contributed by atoms with Gasteiger partial charge in [-0.1, -0.05) is 125 Å². The van der Waals surface area contributed by atoms with Crippen LogP contribution in [0.15, 0.2) is 72.9 Å². The molecule has 0 spiro atoms. The zero-order valence-corrected chi connectivity index (χ0v) is 25.4. The van der Waals surface area contributed by atoms with Crippen molar-refractivity contribution in [3.8, 4) is 0 Å². The van der Waals surface area contributed by atoms with Crippen molar-refractivity contribution in [1.29, 1.82) is 0 Å². The van der Waals surface area contributed by atoms with E-state index in [2.05, 4.69) is 86.8 Å². The number of carbonyl (C=O) groups is 1. The number of allylic oxidation sites excluding steroid dienone is 12. The molecule has 1 heteroatoms. The summed E-state index contributed by atoms with van der Waals surface area (Å²) >= 11 is 0. The van der Waals surface area contributed by atoms with E-state index in [4.69, 9.17) is 0 Å². The second-order valence-corrected chi connectivity index (χ2v) is 10.5. The van der Waals surface area contributed by atoms with Gasteiger partial charge in [-0.05, 0) is 89.9 Å². The molecule has 0 aromatic carbocycles. The molecule has 0 aliphatic carbocycles. The van der Waals surface area contributed by atoms with Gasteiger partial charge in [0.1, 0.15) is 5.78 Å². The number of unbranched alkanes of at least 4 members (excludes halogenated alkanes) is 12. The first kappa shape index (κ1) is 36.1. The second kappa shape index (κ2) is 33.1. The average Bonchev–Trinajstić information content (AvgIpc) is 2.92. The predicted molar refractivity (Wildman–Crippen MR) is 173 cm³/mol. The summed E-state index contributed by atoms with van der Waals surface area (Å²) in [7, 11) is 0. The fourth-order valence-electron chi connectivity index (χ4n) is 4.23. The summed E-state index contributed by atoms with van der Waals surface area (Å²) in [4.78, 5) is 12.1. The molecule has 0 unspecified atom stereocenters. The SMILES string of the molecule is CCCCCC=CCC=CCC=CCCCCCC(=O)CCCCCC=CCC=CCC=CCCCCC. The van der Waals surface area contributed by atoms with Gasteiger partial charge in [0, 0.05) is 12.8 Å². The molecule has 0 fully saturated rings. The monoisotopic (exact) mass is 522 g/mol. The summed E-state index contributed by atoms with van der Waals surface area (Å²) in [6, 6.07) is 0. The summed E-state index contributed by atoms with van der Waals surface area (Å²) in [6.07, 6.45) is 52.6. The van der Waals surface area contributed by atoms with Gasteiger partial charge < -0.3 is 0 Å². The highest BCUT2D eigenvalue weighted by molar-refractivity contribution is 5.78. The summed E-state index contributed by atoms with van der Waals surface area (Å²) in [6.45, 7) is 4.50. The van der Waals surface area contributed by atoms with Gasteiger partial charge in [-0.2, -0.15) is 0 Å². The van der Waals surface area contributed by atoms with E-state index in [1.165, 1.54) is 77.0 Å². The van der Waals surface area contributed by atoms with Crippen molar-refractivity contribution in [1.82, 2.24) is 0 Å². The Kier molecular flexibility index (Phi) is 31.5. The molecule has 0 amide bonds. The Morgan fingerprint density at radius 3 is 0.974 bits per heavy atom. The van der Waals surface area contributed by atoms with Crippen molar-refractivity contribution in [2.24, 2.45) is 0 Å². The quantitative estimate of drug-likeness (QED) is 0.0737. The van der Waals surface area contributed by atoms with Crippen LogP contribution in [0.3, 0.4) is 0 Å². The van der Waals surface area contributed by atoms with E-state index in [0.717, 1.165) is 64.2 Å². The molecule has 0 aliphatic heterocycles. The molecule has 0 bridgehead atoms. The first-order valence-corrected chi connectivity index (χ1v) is 16.2. The largest absolute Gasteiger partial charge is 0.300 e. The lowest BCUT2D eigenvalue weighted by Gasteiger charge is -2.01. The smallest absolute Gasteiger partial charge is 0.132 e. The molecule has 0 aromatic heterocycles. The van der Waals surface area contributed by atoms with Crippen molar-refractivity contribution >= 4 is 5.78 Å². The number of hydrogen-bond acceptors (Lipinski definition) is 1. The Labute approximate surface area is 238 Å². The van der Waals surface area contributed by atoms with Gasteiger partial charge in [-0.15, -0.1) is 0 Å². The third-order valence-corrected chi connectivity index (χ3v) is 6.69. The molecule has 0 saturated carbocycles. The molecule has 0 aliphatic rings. The number of rotatable bonds is 28. The van der Waals surface area contributed by atoms with Crippen LogP contribution in [0.4, 0.5) is 0 Å². The first-order chi connectivity index (χ1) is 18.8. The fraction of sp³-hybridized carbons (Fsp3) is 0.649. The summed E-state index contributed by atoms with van der Waals surface area (Å²) < 4.78 is 0. The van der Waals surface area contributed by atoms with Gasteiger partial charge in [0.05, 0.1) is 0 Å². The highest BCUT2D eigenvalue weighted by Crippen LogP contribution is 2.10. The third-order valence-electron chi connectivity index (χ3n) is 6.69. The Morgan fingerprint density at radius 2 is 0.658 bits per heavy atom. The number of hydrogen-bond donors (Lipinski definition) is 0. The molecule has 0 heterocycles. The van der Waals surface area contributed by atoms with Crippen molar-refractivity contribution in [2.45, 2.75) is 155 Å². The zero-order chi connectivity index (χ0) is 27.6. The summed E-state index contributed by atoms with van der Waals surface area (Å²) in [5, 5.41) is 0. The molecular weight excluding hydrogens is 460 g/mol. The van der Waals surface area contributed by atoms with E-state index in [9.17, 15) is 4.79 Å². The van der Waals surface area contributed by atoms with Gasteiger partial charge in [-0.25, -0.2) is 0 Å². The van der Waals surface area contributed by atoms with Gasteiger partial charge >= 0.3 is 0 Å². The normalized spacial score (nSPS) is 12.7. The van der Waals surface area contributed by atoms with Crippen LogP contribution in [-0.4, -0.2) is 5.78 Å². The van der Waals surface area contributed by atoms with E-state index in [1.54, 1.807) is 0 Å².